The number of nitrogens with zero attached hydrogens (tertiary/aromatic N) is 1. The Morgan fingerprint density at radius 1 is 1.39 bits per heavy atom. The van der Waals surface area contributed by atoms with Crippen LogP contribution < -0.4 is 15.2 Å². The maximum Gasteiger partial charge on any atom is 0.573 e. The number of hydrogen-bond acceptors (Lipinski definition) is 4. The van der Waals surface area contributed by atoms with Crippen LogP contribution in [0.1, 0.15) is 17.7 Å². The monoisotopic (exact) mass is 272 g/mol. The molecule has 18 heavy (non-hydrogen) atoms. The summed E-state index contributed by atoms with van der Waals surface area (Å²) in [7, 11) is 0.989. The molecule has 0 saturated carbocycles. The van der Waals surface area contributed by atoms with Crippen LogP contribution in [0.15, 0.2) is 6.07 Å². The van der Waals surface area contributed by atoms with E-state index in [1.54, 1.807) is 0 Å². The van der Waals surface area contributed by atoms with Crippen LogP contribution in [0.2, 0.25) is 0 Å². The molecule has 0 saturated heterocycles. The van der Waals surface area contributed by atoms with Crippen LogP contribution in [0.25, 0.3) is 0 Å². The van der Waals surface area contributed by atoms with Crippen molar-refractivity contribution in [2.45, 2.75) is 19.3 Å². The third-order valence-electron chi connectivity index (χ3n) is 1.91. The van der Waals surface area contributed by atoms with Crippen molar-refractivity contribution in [3.63, 3.8) is 0 Å². The van der Waals surface area contributed by atoms with Crippen molar-refractivity contribution < 1.29 is 31.4 Å². The molecule has 1 aromatic rings. The predicted molar refractivity (Wildman–Crippen MR) is 50.3 cm³/mol. The summed E-state index contributed by atoms with van der Waals surface area (Å²) in [6.45, 7) is -0.398. The van der Waals surface area contributed by atoms with E-state index in [1.165, 1.54) is 0 Å². The number of hydrogen-bond donors (Lipinski definition) is 1. The normalized spacial score (nSPS) is 11.8. The zero-order valence-corrected chi connectivity index (χ0v) is 9.09. The molecular weight excluding hydrogens is 263 g/mol. The molecule has 102 valence electrons. The van der Waals surface area contributed by atoms with Gasteiger partial charge in [-0.2, -0.15) is 0 Å². The summed E-state index contributed by atoms with van der Waals surface area (Å²) >= 11 is 0. The molecule has 1 rings (SSSR count). The lowest BCUT2D eigenvalue weighted by Gasteiger charge is -2.15. The standard InChI is InChI=1S/C9H9F5N2O2/c1-17-8-5(18-9(12,13)14)2-4(3-15)6(16-8)7(10)11/h2,7H,3,15H2,1H3. The lowest BCUT2D eigenvalue weighted by molar-refractivity contribution is -0.275. The molecular formula is C9H9F5N2O2. The van der Waals surface area contributed by atoms with E-state index < -0.39 is 36.7 Å². The topological polar surface area (TPSA) is 57.4 Å². The van der Waals surface area contributed by atoms with Crippen molar-refractivity contribution in [3.05, 3.63) is 17.3 Å². The van der Waals surface area contributed by atoms with E-state index in [0.29, 0.717) is 0 Å². The number of nitrogens with two attached hydrogens (primary N) is 1. The minimum Gasteiger partial charge on any atom is -0.478 e. The number of alkyl halides is 5. The van der Waals surface area contributed by atoms with Gasteiger partial charge in [0, 0.05) is 6.54 Å². The Morgan fingerprint density at radius 2 is 2.00 bits per heavy atom. The molecule has 0 spiro atoms. The van der Waals surface area contributed by atoms with Crippen LogP contribution in [-0.2, 0) is 6.54 Å². The van der Waals surface area contributed by atoms with E-state index in [0.717, 1.165) is 13.2 Å². The summed E-state index contributed by atoms with van der Waals surface area (Å²) in [6, 6.07) is 0.737. The Balaban J connectivity index is 3.26. The average molecular weight is 272 g/mol. The van der Waals surface area contributed by atoms with Gasteiger partial charge in [0.1, 0.15) is 5.69 Å². The molecule has 9 heteroatoms. The van der Waals surface area contributed by atoms with E-state index in [-0.39, 0.29) is 5.56 Å². The molecule has 0 radical (unpaired) electrons. The van der Waals surface area contributed by atoms with E-state index in [2.05, 4.69) is 14.5 Å². The molecule has 0 bridgehead atoms. The van der Waals surface area contributed by atoms with Crippen molar-refractivity contribution in [1.82, 2.24) is 4.98 Å². The van der Waals surface area contributed by atoms with E-state index in [9.17, 15) is 22.0 Å². The van der Waals surface area contributed by atoms with Crippen LogP contribution in [0.4, 0.5) is 22.0 Å². The quantitative estimate of drug-likeness (QED) is 0.855. The second kappa shape index (κ2) is 5.34. The van der Waals surface area contributed by atoms with Gasteiger partial charge in [0.2, 0.25) is 0 Å². The second-order valence-electron chi connectivity index (χ2n) is 3.09. The number of methoxy groups -OCH3 is 1. The smallest absolute Gasteiger partial charge is 0.478 e. The molecule has 2 N–H and O–H groups in total. The SMILES string of the molecule is COc1nc(C(F)F)c(CN)cc1OC(F)(F)F. The number of halogens is 5. The fourth-order valence-corrected chi connectivity index (χ4v) is 1.23. The minimum atomic E-state index is -4.98. The van der Waals surface area contributed by atoms with Crippen LogP contribution in [-0.4, -0.2) is 18.5 Å². The first-order valence-electron chi connectivity index (χ1n) is 4.60. The van der Waals surface area contributed by atoms with Crippen molar-refractivity contribution in [2.24, 2.45) is 5.73 Å². The summed E-state index contributed by atoms with van der Waals surface area (Å²) < 4.78 is 69.4. The molecule has 0 fully saturated rings. The number of ether oxygens (including phenoxy) is 2. The van der Waals surface area contributed by atoms with Gasteiger partial charge in [-0.05, 0) is 11.6 Å². The minimum absolute atomic E-state index is 0.245. The molecule has 0 unspecified atom stereocenters. The van der Waals surface area contributed by atoms with Gasteiger partial charge in [-0.1, -0.05) is 0 Å². The molecule has 0 aliphatic rings. The van der Waals surface area contributed by atoms with Crippen LogP contribution in [0.5, 0.6) is 11.6 Å². The third-order valence-corrected chi connectivity index (χ3v) is 1.91. The largest absolute Gasteiger partial charge is 0.573 e. The number of rotatable bonds is 4. The van der Waals surface area contributed by atoms with Crippen LogP contribution in [0.3, 0.4) is 0 Å². The highest BCUT2D eigenvalue weighted by Gasteiger charge is 2.33. The van der Waals surface area contributed by atoms with Gasteiger partial charge in [-0.25, -0.2) is 13.8 Å². The Morgan fingerprint density at radius 3 is 2.39 bits per heavy atom. The Bertz CT molecular complexity index is 422. The van der Waals surface area contributed by atoms with Gasteiger partial charge in [0.25, 0.3) is 12.3 Å². The Hall–Kier alpha value is -1.64. The van der Waals surface area contributed by atoms with Gasteiger partial charge in [0.15, 0.2) is 5.75 Å². The maximum absolute atomic E-state index is 12.6. The summed E-state index contributed by atoms with van der Waals surface area (Å²) in [4.78, 5) is 3.27. The first-order chi connectivity index (χ1) is 8.28. The molecule has 1 aromatic heterocycles. The molecule has 1 heterocycles. The van der Waals surface area contributed by atoms with Gasteiger partial charge < -0.3 is 15.2 Å². The van der Waals surface area contributed by atoms with Gasteiger partial charge in [0.05, 0.1) is 7.11 Å². The first kappa shape index (κ1) is 14.4. The zero-order valence-electron chi connectivity index (χ0n) is 9.09. The highest BCUT2D eigenvalue weighted by molar-refractivity contribution is 5.40. The molecule has 0 aromatic carbocycles. The van der Waals surface area contributed by atoms with Crippen LogP contribution in [0, 0.1) is 0 Å². The average Bonchev–Trinajstić information content (AvgIpc) is 2.25. The lowest BCUT2D eigenvalue weighted by atomic mass is 10.2. The van der Waals surface area contributed by atoms with E-state index in [1.807, 2.05) is 0 Å². The Kier molecular flexibility index (Phi) is 4.28. The molecule has 0 amide bonds. The molecule has 0 aliphatic heterocycles. The number of aromatic nitrogens is 1. The fourth-order valence-electron chi connectivity index (χ4n) is 1.23. The van der Waals surface area contributed by atoms with E-state index in [4.69, 9.17) is 5.73 Å². The molecule has 0 aliphatic carbocycles. The number of pyridine rings is 1. The zero-order chi connectivity index (χ0) is 13.9. The van der Waals surface area contributed by atoms with Crippen molar-refractivity contribution >= 4 is 0 Å². The van der Waals surface area contributed by atoms with Gasteiger partial charge in [-0.3, -0.25) is 0 Å². The fraction of sp³-hybridized carbons (Fsp3) is 0.444. The summed E-state index contributed by atoms with van der Waals surface area (Å²) in [5.41, 5.74) is 4.18. The second-order valence-corrected chi connectivity index (χ2v) is 3.09. The highest BCUT2D eigenvalue weighted by Crippen LogP contribution is 2.34. The lowest BCUT2D eigenvalue weighted by Crippen LogP contribution is -2.19. The summed E-state index contributed by atoms with van der Waals surface area (Å²) in [5, 5.41) is 0. The molecule has 0 atom stereocenters. The highest BCUT2D eigenvalue weighted by atomic mass is 19.4. The third kappa shape index (κ3) is 3.42. The molecule has 4 nitrogen and oxygen atoms in total. The maximum atomic E-state index is 12.6. The van der Waals surface area contributed by atoms with Crippen molar-refractivity contribution in [1.29, 1.82) is 0 Å². The predicted octanol–water partition coefficient (Wildman–Crippen LogP) is 2.39. The van der Waals surface area contributed by atoms with Crippen LogP contribution >= 0.6 is 0 Å². The van der Waals surface area contributed by atoms with Crippen molar-refractivity contribution in [2.75, 3.05) is 7.11 Å². The Labute approximate surface area is 98.5 Å². The van der Waals surface area contributed by atoms with Crippen molar-refractivity contribution in [3.8, 4) is 11.6 Å². The van der Waals surface area contributed by atoms with E-state index >= 15 is 0 Å². The summed E-state index contributed by atoms with van der Waals surface area (Å²) in [6.07, 6.45) is -7.95. The summed E-state index contributed by atoms with van der Waals surface area (Å²) in [5.74, 6) is -1.49. The van der Waals surface area contributed by atoms with Gasteiger partial charge in [-0.15, -0.1) is 13.2 Å². The first-order valence-corrected chi connectivity index (χ1v) is 4.60. The van der Waals surface area contributed by atoms with Gasteiger partial charge >= 0.3 is 6.36 Å².